The average molecular weight is 307 g/mol. The van der Waals surface area contributed by atoms with Crippen molar-refractivity contribution in [3.63, 3.8) is 0 Å². The molecule has 0 aliphatic rings. The zero-order valence-corrected chi connectivity index (χ0v) is 13.7. The first kappa shape index (κ1) is 15.2. The minimum absolute atomic E-state index is 0.00536. The molecular formula is C19H21N3O. The second-order valence-corrected chi connectivity index (χ2v) is 6.04. The Balaban J connectivity index is 1.67. The van der Waals surface area contributed by atoms with Crippen LogP contribution in [0.4, 0.5) is 11.4 Å². The fourth-order valence-electron chi connectivity index (χ4n) is 2.67. The highest BCUT2D eigenvalue weighted by molar-refractivity contribution is 5.93. The first-order valence-electron chi connectivity index (χ1n) is 7.67. The summed E-state index contributed by atoms with van der Waals surface area (Å²) in [5, 5.41) is 4.09. The standard InChI is InChI=1S/C19H21N3O/c1-13-10-15-11-14(4-9-18(15)20-13)12-19(23)21-16-5-7-17(8-6-16)22(2)3/h4-11,20H,12H2,1-3H3,(H,21,23). The van der Waals surface area contributed by atoms with Gasteiger partial charge in [0.25, 0.3) is 0 Å². The monoisotopic (exact) mass is 307 g/mol. The van der Waals surface area contributed by atoms with Crippen LogP contribution in [-0.4, -0.2) is 25.0 Å². The van der Waals surface area contributed by atoms with Gasteiger partial charge in [-0.2, -0.15) is 0 Å². The molecule has 0 unspecified atom stereocenters. The summed E-state index contributed by atoms with van der Waals surface area (Å²) in [4.78, 5) is 17.5. The summed E-state index contributed by atoms with van der Waals surface area (Å²) in [6.45, 7) is 2.03. The van der Waals surface area contributed by atoms with Gasteiger partial charge in [0.15, 0.2) is 0 Å². The Morgan fingerprint density at radius 2 is 1.83 bits per heavy atom. The Labute approximate surface area is 136 Å². The van der Waals surface area contributed by atoms with Crippen molar-refractivity contribution in [3.8, 4) is 0 Å². The SMILES string of the molecule is Cc1cc2cc(CC(=O)Nc3ccc(N(C)C)cc3)ccc2[nH]1. The molecule has 1 heterocycles. The molecule has 23 heavy (non-hydrogen) atoms. The van der Waals surface area contributed by atoms with Crippen molar-refractivity contribution in [1.29, 1.82) is 0 Å². The molecule has 0 atom stereocenters. The van der Waals surface area contributed by atoms with Crippen molar-refractivity contribution in [1.82, 2.24) is 4.98 Å². The van der Waals surface area contributed by atoms with Crippen molar-refractivity contribution in [2.45, 2.75) is 13.3 Å². The number of aromatic nitrogens is 1. The van der Waals surface area contributed by atoms with Crippen LogP contribution in [-0.2, 0) is 11.2 Å². The maximum Gasteiger partial charge on any atom is 0.228 e. The Morgan fingerprint density at radius 3 is 2.52 bits per heavy atom. The highest BCUT2D eigenvalue weighted by Crippen LogP contribution is 2.18. The molecule has 0 saturated heterocycles. The Hall–Kier alpha value is -2.75. The van der Waals surface area contributed by atoms with Crippen LogP contribution in [0.1, 0.15) is 11.3 Å². The number of nitrogens with one attached hydrogen (secondary N) is 2. The van der Waals surface area contributed by atoms with Crippen LogP contribution in [0.3, 0.4) is 0 Å². The summed E-state index contributed by atoms with van der Waals surface area (Å²) in [6.07, 6.45) is 0.371. The third kappa shape index (κ3) is 3.54. The first-order chi connectivity index (χ1) is 11.0. The van der Waals surface area contributed by atoms with E-state index in [9.17, 15) is 4.79 Å². The van der Waals surface area contributed by atoms with E-state index in [0.29, 0.717) is 6.42 Å². The van der Waals surface area contributed by atoms with Gasteiger partial charge in [-0.3, -0.25) is 4.79 Å². The van der Waals surface area contributed by atoms with Gasteiger partial charge in [-0.25, -0.2) is 0 Å². The van der Waals surface area contributed by atoms with E-state index in [2.05, 4.69) is 22.4 Å². The van der Waals surface area contributed by atoms with Gasteiger partial charge in [0, 0.05) is 36.7 Å². The van der Waals surface area contributed by atoms with E-state index < -0.39 is 0 Å². The predicted molar refractivity (Wildman–Crippen MR) is 96.1 cm³/mol. The van der Waals surface area contributed by atoms with Crippen LogP contribution < -0.4 is 10.2 Å². The van der Waals surface area contributed by atoms with Gasteiger partial charge in [-0.05, 0) is 60.3 Å². The minimum Gasteiger partial charge on any atom is -0.378 e. The molecule has 0 radical (unpaired) electrons. The molecule has 0 bridgehead atoms. The first-order valence-corrected chi connectivity index (χ1v) is 7.67. The van der Waals surface area contributed by atoms with Gasteiger partial charge in [-0.1, -0.05) is 6.07 Å². The normalized spacial score (nSPS) is 10.7. The lowest BCUT2D eigenvalue weighted by atomic mass is 10.1. The summed E-state index contributed by atoms with van der Waals surface area (Å²) in [7, 11) is 3.99. The van der Waals surface area contributed by atoms with E-state index >= 15 is 0 Å². The molecule has 0 aliphatic heterocycles. The van der Waals surface area contributed by atoms with Gasteiger partial charge in [0.05, 0.1) is 6.42 Å². The van der Waals surface area contributed by atoms with E-state index in [1.807, 2.05) is 62.3 Å². The number of hydrogen-bond donors (Lipinski definition) is 2. The highest BCUT2D eigenvalue weighted by atomic mass is 16.1. The molecular weight excluding hydrogens is 286 g/mol. The second-order valence-electron chi connectivity index (χ2n) is 6.04. The van der Waals surface area contributed by atoms with Gasteiger partial charge in [0.1, 0.15) is 0 Å². The number of anilines is 2. The number of nitrogens with zero attached hydrogens (tertiary/aromatic N) is 1. The molecule has 0 saturated carbocycles. The molecule has 2 aromatic carbocycles. The number of rotatable bonds is 4. The third-order valence-electron chi connectivity index (χ3n) is 3.85. The van der Waals surface area contributed by atoms with E-state index in [0.717, 1.165) is 33.5 Å². The van der Waals surface area contributed by atoms with Crippen molar-refractivity contribution in [2.24, 2.45) is 0 Å². The van der Waals surface area contributed by atoms with Gasteiger partial charge in [0.2, 0.25) is 5.91 Å². The zero-order valence-electron chi connectivity index (χ0n) is 13.7. The second kappa shape index (κ2) is 6.16. The third-order valence-corrected chi connectivity index (χ3v) is 3.85. The topological polar surface area (TPSA) is 48.1 Å². The maximum absolute atomic E-state index is 12.2. The van der Waals surface area contributed by atoms with Crippen LogP contribution in [0.25, 0.3) is 10.9 Å². The summed E-state index contributed by atoms with van der Waals surface area (Å²) in [6, 6.07) is 16.0. The van der Waals surface area contributed by atoms with E-state index in [4.69, 9.17) is 0 Å². The van der Waals surface area contributed by atoms with Crippen LogP contribution in [0.15, 0.2) is 48.5 Å². The lowest BCUT2D eigenvalue weighted by molar-refractivity contribution is -0.115. The highest BCUT2D eigenvalue weighted by Gasteiger charge is 2.06. The van der Waals surface area contributed by atoms with Crippen molar-refractivity contribution >= 4 is 28.2 Å². The number of carbonyl (C=O) groups is 1. The molecule has 4 nitrogen and oxygen atoms in total. The van der Waals surface area contributed by atoms with E-state index in [-0.39, 0.29) is 5.91 Å². The average Bonchev–Trinajstić information content (AvgIpc) is 2.87. The lowest BCUT2D eigenvalue weighted by Crippen LogP contribution is -2.14. The maximum atomic E-state index is 12.2. The molecule has 3 aromatic rings. The van der Waals surface area contributed by atoms with Crippen molar-refractivity contribution in [3.05, 3.63) is 59.8 Å². The number of H-pyrrole nitrogens is 1. The van der Waals surface area contributed by atoms with Crippen molar-refractivity contribution < 1.29 is 4.79 Å². The predicted octanol–water partition coefficient (Wildman–Crippen LogP) is 3.72. The van der Waals surface area contributed by atoms with Crippen LogP contribution in [0.5, 0.6) is 0 Å². The molecule has 3 rings (SSSR count). The van der Waals surface area contributed by atoms with Crippen LogP contribution in [0, 0.1) is 6.92 Å². The summed E-state index contributed by atoms with van der Waals surface area (Å²) < 4.78 is 0. The van der Waals surface area contributed by atoms with E-state index in [1.54, 1.807) is 0 Å². The summed E-state index contributed by atoms with van der Waals surface area (Å²) in [5.74, 6) is -0.00536. The van der Waals surface area contributed by atoms with Crippen molar-refractivity contribution in [2.75, 3.05) is 24.3 Å². The number of aromatic amines is 1. The van der Waals surface area contributed by atoms with Gasteiger partial charge >= 0.3 is 0 Å². The fourth-order valence-corrected chi connectivity index (χ4v) is 2.67. The minimum atomic E-state index is -0.00536. The number of benzene rings is 2. The number of carbonyl (C=O) groups excluding carboxylic acids is 1. The molecule has 4 heteroatoms. The summed E-state index contributed by atoms with van der Waals surface area (Å²) >= 11 is 0. The molecule has 0 spiro atoms. The Morgan fingerprint density at radius 1 is 1.09 bits per heavy atom. The molecule has 118 valence electrons. The fraction of sp³-hybridized carbons (Fsp3) is 0.211. The van der Waals surface area contributed by atoms with Gasteiger partial charge < -0.3 is 15.2 Å². The Kier molecular flexibility index (Phi) is 4.06. The summed E-state index contributed by atoms with van der Waals surface area (Å²) in [5.41, 5.74) is 5.17. The zero-order chi connectivity index (χ0) is 16.4. The number of hydrogen-bond acceptors (Lipinski definition) is 2. The molecule has 1 amide bonds. The number of fused-ring (bicyclic) bond motifs is 1. The van der Waals surface area contributed by atoms with Crippen LogP contribution in [0.2, 0.25) is 0 Å². The molecule has 1 aromatic heterocycles. The van der Waals surface area contributed by atoms with E-state index in [1.165, 1.54) is 0 Å². The quantitative estimate of drug-likeness (QED) is 0.771. The molecule has 0 fully saturated rings. The number of amides is 1. The van der Waals surface area contributed by atoms with Crippen LogP contribution >= 0.6 is 0 Å². The molecule has 0 aliphatic carbocycles. The Bertz CT molecular complexity index is 831. The largest absolute Gasteiger partial charge is 0.378 e. The molecule has 2 N–H and O–H groups in total. The lowest BCUT2D eigenvalue weighted by Gasteiger charge is -2.13. The van der Waals surface area contributed by atoms with Gasteiger partial charge in [-0.15, -0.1) is 0 Å². The smallest absolute Gasteiger partial charge is 0.228 e. The number of aryl methyl sites for hydroxylation is 1.